The van der Waals surface area contributed by atoms with Crippen molar-refractivity contribution in [2.75, 3.05) is 32.7 Å². The molecule has 1 aromatic carbocycles. The van der Waals surface area contributed by atoms with E-state index < -0.39 is 10.0 Å². The van der Waals surface area contributed by atoms with Crippen LogP contribution in [0.1, 0.15) is 6.92 Å². The molecule has 1 aliphatic rings. The highest BCUT2D eigenvalue weighted by atomic mass is 35.5. The third kappa shape index (κ3) is 4.71. The number of rotatable bonds is 5. The van der Waals surface area contributed by atoms with Gasteiger partial charge in [-0.25, -0.2) is 13.1 Å². The molecule has 0 amide bonds. The summed E-state index contributed by atoms with van der Waals surface area (Å²) in [5.74, 6) is 0. The van der Waals surface area contributed by atoms with Crippen molar-refractivity contribution in [1.82, 2.24) is 14.9 Å². The van der Waals surface area contributed by atoms with E-state index in [4.69, 9.17) is 0 Å². The topological polar surface area (TPSA) is 61.4 Å². The highest BCUT2D eigenvalue weighted by Gasteiger charge is 2.18. The normalized spacial score (nSPS) is 20.4. The molecule has 0 spiro atoms. The summed E-state index contributed by atoms with van der Waals surface area (Å²) in [5, 5.41) is 3.32. The van der Waals surface area contributed by atoms with Crippen LogP contribution in [0.2, 0.25) is 0 Å². The van der Waals surface area contributed by atoms with Gasteiger partial charge in [0.1, 0.15) is 0 Å². The van der Waals surface area contributed by atoms with Crippen LogP contribution in [0.4, 0.5) is 0 Å². The molecular formula is C13H22ClN3O2S. The second-order valence-electron chi connectivity index (χ2n) is 4.80. The van der Waals surface area contributed by atoms with Crippen molar-refractivity contribution in [3.63, 3.8) is 0 Å². The standard InChI is InChI=1S/C13H21N3O2S.ClH/c1-12-11-14-7-9-16(12)10-8-15-19(17,18)13-5-3-2-4-6-13;/h2-6,12,14-15H,7-11H2,1H3;1H/t12-;/m0./s1. The Bertz CT molecular complexity index is 496. The van der Waals surface area contributed by atoms with Gasteiger partial charge in [-0.15, -0.1) is 12.4 Å². The van der Waals surface area contributed by atoms with Crippen molar-refractivity contribution in [2.24, 2.45) is 0 Å². The smallest absolute Gasteiger partial charge is 0.240 e. The molecule has 1 atom stereocenters. The average molecular weight is 320 g/mol. The Kier molecular flexibility index (Phi) is 6.91. The summed E-state index contributed by atoms with van der Waals surface area (Å²) in [6.07, 6.45) is 0. The van der Waals surface area contributed by atoms with Crippen LogP contribution < -0.4 is 10.0 Å². The zero-order valence-electron chi connectivity index (χ0n) is 11.6. The van der Waals surface area contributed by atoms with Crippen molar-refractivity contribution in [1.29, 1.82) is 0 Å². The molecule has 7 heteroatoms. The zero-order valence-corrected chi connectivity index (χ0v) is 13.2. The first kappa shape index (κ1) is 17.4. The Morgan fingerprint density at radius 3 is 2.70 bits per heavy atom. The summed E-state index contributed by atoms with van der Waals surface area (Å²) in [4.78, 5) is 2.62. The molecule has 0 radical (unpaired) electrons. The summed E-state index contributed by atoms with van der Waals surface area (Å²) >= 11 is 0. The maximum atomic E-state index is 12.0. The molecule has 0 aromatic heterocycles. The predicted molar refractivity (Wildman–Crippen MR) is 82.8 cm³/mol. The lowest BCUT2D eigenvalue weighted by Crippen LogP contribution is -2.51. The zero-order chi connectivity index (χ0) is 13.7. The van der Waals surface area contributed by atoms with Crippen molar-refractivity contribution < 1.29 is 8.42 Å². The molecule has 114 valence electrons. The third-order valence-electron chi connectivity index (χ3n) is 3.38. The van der Waals surface area contributed by atoms with E-state index >= 15 is 0 Å². The number of halogens is 1. The van der Waals surface area contributed by atoms with E-state index in [1.54, 1.807) is 30.3 Å². The highest BCUT2D eigenvalue weighted by molar-refractivity contribution is 7.89. The van der Waals surface area contributed by atoms with Crippen LogP contribution in [0.5, 0.6) is 0 Å². The van der Waals surface area contributed by atoms with Crippen molar-refractivity contribution in [3.8, 4) is 0 Å². The number of sulfonamides is 1. The Labute approximate surface area is 127 Å². The molecule has 5 nitrogen and oxygen atoms in total. The molecule has 1 aromatic rings. The van der Waals surface area contributed by atoms with E-state index in [0.29, 0.717) is 17.5 Å². The number of hydrogen-bond acceptors (Lipinski definition) is 4. The van der Waals surface area contributed by atoms with E-state index in [-0.39, 0.29) is 12.4 Å². The minimum atomic E-state index is -3.37. The Balaban J connectivity index is 0.00000200. The van der Waals surface area contributed by atoms with E-state index in [1.165, 1.54) is 0 Å². The van der Waals surface area contributed by atoms with Gasteiger partial charge in [-0.1, -0.05) is 18.2 Å². The number of nitrogens with zero attached hydrogens (tertiary/aromatic N) is 1. The van der Waals surface area contributed by atoms with E-state index in [2.05, 4.69) is 21.9 Å². The van der Waals surface area contributed by atoms with Gasteiger partial charge in [0.05, 0.1) is 4.90 Å². The maximum Gasteiger partial charge on any atom is 0.240 e. The maximum absolute atomic E-state index is 12.0. The quantitative estimate of drug-likeness (QED) is 0.838. The van der Waals surface area contributed by atoms with Crippen LogP contribution in [-0.2, 0) is 10.0 Å². The lowest BCUT2D eigenvalue weighted by atomic mass is 10.2. The van der Waals surface area contributed by atoms with Crippen LogP contribution in [0.15, 0.2) is 35.2 Å². The fourth-order valence-corrected chi connectivity index (χ4v) is 3.26. The molecule has 1 heterocycles. The first-order valence-electron chi connectivity index (χ1n) is 6.59. The minimum Gasteiger partial charge on any atom is -0.314 e. The van der Waals surface area contributed by atoms with Gasteiger partial charge in [0.15, 0.2) is 0 Å². The van der Waals surface area contributed by atoms with Crippen LogP contribution in [0.3, 0.4) is 0 Å². The summed E-state index contributed by atoms with van der Waals surface area (Å²) < 4.78 is 26.7. The van der Waals surface area contributed by atoms with Gasteiger partial charge < -0.3 is 5.32 Å². The SMILES string of the molecule is C[C@H]1CNCCN1CCNS(=O)(=O)c1ccccc1.Cl. The van der Waals surface area contributed by atoms with Gasteiger partial charge >= 0.3 is 0 Å². The van der Waals surface area contributed by atoms with Gasteiger partial charge in [0.25, 0.3) is 0 Å². The van der Waals surface area contributed by atoms with Crippen LogP contribution in [0.25, 0.3) is 0 Å². The largest absolute Gasteiger partial charge is 0.314 e. The summed E-state index contributed by atoms with van der Waals surface area (Å²) in [5.41, 5.74) is 0. The Morgan fingerprint density at radius 1 is 1.35 bits per heavy atom. The number of hydrogen-bond donors (Lipinski definition) is 2. The van der Waals surface area contributed by atoms with E-state index in [0.717, 1.165) is 26.2 Å². The molecule has 0 aliphatic carbocycles. The second-order valence-corrected chi connectivity index (χ2v) is 6.57. The summed E-state index contributed by atoms with van der Waals surface area (Å²) in [6.45, 7) is 6.24. The fraction of sp³-hybridized carbons (Fsp3) is 0.538. The van der Waals surface area contributed by atoms with Crippen molar-refractivity contribution >= 4 is 22.4 Å². The molecular weight excluding hydrogens is 298 g/mol. The molecule has 1 fully saturated rings. The average Bonchev–Trinajstić information content (AvgIpc) is 2.42. The Morgan fingerprint density at radius 2 is 2.05 bits per heavy atom. The van der Waals surface area contributed by atoms with Crippen LogP contribution in [0, 0.1) is 0 Å². The first-order valence-corrected chi connectivity index (χ1v) is 8.07. The van der Waals surface area contributed by atoms with Crippen molar-refractivity contribution in [3.05, 3.63) is 30.3 Å². The van der Waals surface area contributed by atoms with Crippen LogP contribution in [-0.4, -0.2) is 52.1 Å². The molecule has 2 N–H and O–H groups in total. The number of piperazine rings is 1. The molecule has 0 unspecified atom stereocenters. The summed E-state index contributed by atoms with van der Waals surface area (Å²) in [6, 6.07) is 8.93. The van der Waals surface area contributed by atoms with Gasteiger partial charge in [0.2, 0.25) is 10.0 Å². The van der Waals surface area contributed by atoms with Gasteiger partial charge in [-0.05, 0) is 19.1 Å². The number of benzene rings is 1. The van der Waals surface area contributed by atoms with Gasteiger partial charge in [0, 0.05) is 38.8 Å². The summed E-state index contributed by atoms with van der Waals surface area (Å²) in [7, 11) is -3.37. The van der Waals surface area contributed by atoms with Gasteiger partial charge in [-0.2, -0.15) is 0 Å². The molecule has 20 heavy (non-hydrogen) atoms. The monoisotopic (exact) mass is 319 g/mol. The third-order valence-corrected chi connectivity index (χ3v) is 4.86. The lowest BCUT2D eigenvalue weighted by molar-refractivity contribution is 0.177. The van der Waals surface area contributed by atoms with Gasteiger partial charge in [-0.3, -0.25) is 4.90 Å². The minimum absolute atomic E-state index is 0. The molecule has 0 saturated carbocycles. The van der Waals surface area contributed by atoms with Crippen molar-refractivity contribution in [2.45, 2.75) is 17.9 Å². The molecule has 2 rings (SSSR count). The molecule has 0 bridgehead atoms. The predicted octanol–water partition coefficient (Wildman–Crippen LogP) is 0.680. The highest BCUT2D eigenvalue weighted by Crippen LogP contribution is 2.07. The van der Waals surface area contributed by atoms with E-state index in [1.807, 2.05) is 0 Å². The lowest BCUT2D eigenvalue weighted by Gasteiger charge is -2.33. The fourth-order valence-electron chi connectivity index (χ4n) is 2.22. The number of nitrogens with one attached hydrogen (secondary N) is 2. The van der Waals surface area contributed by atoms with E-state index in [9.17, 15) is 8.42 Å². The molecule has 1 aliphatic heterocycles. The Hall–Kier alpha value is -0.660. The first-order chi connectivity index (χ1) is 9.09. The van der Waals surface area contributed by atoms with Crippen LogP contribution >= 0.6 is 12.4 Å². The second kappa shape index (κ2) is 7.95. The molecule has 1 saturated heterocycles.